The maximum absolute atomic E-state index is 11.1. The highest BCUT2D eigenvalue weighted by atomic mass is 35.5. The molecule has 0 radical (unpaired) electrons. The molecule has 1 aliphatic rings. The van der Waals surface area contributed by atoms with E-state index in [1.165, 1.54) is 15.7 Å². The number of aliphatic hydroxyl groups excluding tert-OH is 1. The van der Waals surface area contributed by atoms with Gasteiger partial charge in [-0.15, -0.1) is 0 Å². The van der Waals surface area contributed by atoms with Gasteiger partial charge in [-0.3, -0.25) is 4.57 Å². The summed E-state index contributed by atoms with van der Waals surface area (Å²) in [4.78, 5) is 26.1. The number of amides is 1. The van der Waals surface area contributed by atoms with Crippen molar-refractivity contribution in [3.8, 4) is 5.75 Å². The minimum Gasteiger partial charge on any atom is -0.491 e. The first-order valence-electron chi connectivity index (χ1n) is 8.61. The number of nitro groups is 1. The quantitative estimate of drug-likeness (QED) is 0.528. The van der Waals surface area contributed by atoms with Crippen molar-refractivity contribution in [2.75, 3.05) is 13.2 Å². The maximum atomic E-state index is 11.1. The van der Waals surface area contributed by atoms with Crippen LogP contribution in [0.2, 0.25) is 5.28 Å². The second-order valence-corrected chi connectivity index (χ2v) is 6.79. The van der Waals surface area contributed by atoms with E-state index in [2.05, 4.69) is 4.98 Å². The van der Waals surface area contributed by atoms with Gasteiger partial charge >= 0.3 is 17.2 Å². The van der Waals surface area contributed by atoms with Crippen LogP contribution in [0.5, 0.6) is 5.75 Å². The lowest BCUT2D eigenvalue weighted by Crippen LogP contribution is -2.34. The number of carboxylic acid groups (broad SMARTS) is 1. The lowest BCUT2D eigenvalue weighted by molar-refractivity contribution is -0.389. The van der Waals surface area contributed by atoms with Gasteiger partial charge in [0.15, 0.2) is 0 Å². The molecular weight excluding hydrogens is 392 g/mol. The number of aryl methyl sites for hydroxylation is 1. The number of nitrogens with zero attached hydrogens (tertiary/aromatic N) is 4. The molecule has 1 atom stereocenters. The summed E-state index contributed by atoms with van der Waals surface area (Å²) >= 11 is 5.84. The van der Waals surface area contributed by atoms with E-state index >= 15 is 0 Å². The van der Waals surface area contributed by atoms with Crippen molar-refractivity contribution >= 4 is 23.5 Å². The molecule has 2 heterocycles. The molecular formula is C17H19ClN4O6. The molecule has 1 aliphatic heterocycles. The van der Waals surface area contributed by atoms with Gasteiger partial charge in [0.25, 0.3) is 0 Å². The molecule has 0 aliphatic carbocycles. The van der Waals surface area contributed by atoms with Crippen molar-refractivity contribution in [1.29, 1.82) is 0 Å². The highest BCUT2D eigenvalue weighted by Crippen LogP contribution is 2.24. The number of imidazole rings is 1. The fourth-order valence-electron chi connectivity index (χ4n) is 2.98. The maximum Gasteiger partial charge on any atom is 0.407 e. The number of aromatic nitrogens is 2. The Bertz CT molecular complexity index is 887. The molecule has 0 saturated heterocycles. The Morgan fingerprint density at radius 1 is 1.43 bits per heavy atom. The Labute approximate surface area is 165 Å². The first kappa shape index (κ1) is 19.9. The second kappa shape index (κ2) is 8.44. The van der Waals surface area contributed by atoms with Crippen LogP contribution in [0.3, 0.4) is 0 Å². The van der Waals surface area contributed by atoms with Crippen LogP contribution in [0.1, 0.15) is 17.5 Å². The molecule has 0 fully saturated rings. The van der Waals surface area contributed by atoms with E-state index < -0.39 is 17.1 Å². The fourth-order valence-corrected chi connectivity index (χ4v) is 3.20. The van der Waals surface area contributed by atoms with Crippen LogP contribution < -0.4 is 4.74 Å². The molecule has 10 nitrogen and oxygen atoms in total. The van der Waals surface area contributed by atoms with E-state index in [1.807, 2.05) is 6.07 Å². The summed E-state index contributed by atoms with van der Waals surface area (Å²) in [6.07, 6.45) is 0.371. The number of hydrogen-bond donors (Lipinski definition) is 2. The Morgan fingerprint density at radius 3 is 2.89 bits per heavy atom. The summed E-state index contributed by atoms with van der Waals surface area (Å²) in [6.45, 7) is 1.05. The number of benzene rings is 1. The average molecular weight is 411 g/mol. The SMILES string of the molecule is O=C(O)N1CCc2ccc(OC[C@H](O)CCn3cc([N+](=O)[O-])nc3Cl)cc2C1. The molecule has 150 valence electrons. The van der Waals surface area contributed by atoms with Crippen molar-refractivity contribution in [2.45, 2.75) is 32.0 Å². The molecule has 0 bridgehead atoms. The van der Waals surface area contributed by atoms with Gasteiger partial charge < -0.3 is 30.0 Å². The third-order valence-corrected chi connectivity index (χ3v) is 4.81. The minimum absolute atomic E-state index is 0.0162. The van der Waals surface area contributed by atoms with Gasteiger partial charge in [0.05, 0.1) is 6.10 Å². The van der Waals surface area contributed by atoms with E-state index in [4.69, 9.17) is 21.4 Å². The Hall–Kier alpha value is -2.85. The van der Waals surface area contributed by atoms with E-state index in [1.54, 1.807) is 12.1 Å². The van der Waals surface area contributed by atoms with Gasteiger partial charge in [-0.2, -0.15) is 0 Å². The number of halogens is 1. The molecule has 0 saturated carbocycles. The number of rotatable bonds is 7. The minimum atomic E-state index is -0.953. The number of carbonyl (C=O) groups is 1. The lowest BCUT2D eigenvalue weighted by Gasteiger charge is -2.26. The first-order chi connectivity index (χ1) is 13.3. The van der Waals surface area contributed by atoms with Crippen molar-refractivity contribution in [3.63, 3.8) is 0 Å². The van der Waals surface area contributed by atoms with Gasteiger partial charge in [0, 0.05) is 19.6 Å². The van der Waals surface area contributed by atoms with Crippen LogP contribution in [-0.4, -0.2) is 54.9 Å². The smallest absolute Gasteiger partial charge is 0.407 e. The zero-order valence-corrected chi connectivity index (χ0v) is 15.6. The van der Waals surface area contributed by atoms with Crippen molar-refractivity contribution < 1.29 is 24.7 Å². The molecule has 1 aromatic carbocycles. The molecule has 0 spiro atoms. The van der Waals surface area contributed by atoms with Crippen LogP contribution in [0, 0.1) is 10.1 Å². The molecule has 2 aromatic rings. The standard InChI is InChI=1S/C17H19ClN4O6/c18-16-19-15(22(26)27)9-20(16)6-4-13(23)10-28-14-2-1-11-3-5-21(17(24)25)8-12(11)7-14/h1-2,7,9,13,23H,3-6,8,10H2,(H,24,25)/t13-/m1/s1. The van der Waals surface area contributed by atoms with Crippen molar-refractivity contribution in [2.24, 2.45) is 0 Å². The zero-order valence-electron chi connectivity index (χ0n) is 14.8. The zero-order chi connectivity index (χ0) is 20.3. The molecule has 11 heteroatoms. The van der Waals surface area contributed by atoms with Crippen molar-refractivity contribution in [3.05, 3.63) is 50.9 Å². The van der Waals surface area contributed by atoms with Gasteiger partial charge in [-0.05, 0) is 57.6 Å². The molecule has 2 N–H and O–H groups in total. The monoisotopic (exact) mass is 410 g/mol. The second-order valence-electron chi connectivity index (χ2n) is 6.46. The average Bonchev–Trinajstić information content (AvgIpc) is 3.05. The van der Waals surface area contributed by atoms with Gasteiger partial charge in [0.1, 0.15) is 18.6 Å². The van der Waals surface area contributed by atoms with Gasteiger partial charge in [-0.25, -0.2) is 4.79 Å². The van der Waals surface area contributed by atoms with Crippen LogP contribution >= 0.6 is 11.6 Å². The first-order valence-corrected chi connectivity index (χ1v) is 8.99. The molecule has 28 heavy (non-hydrogen) atoms. The number of hydrogen-bond acceptors (Lipinski definition) is 6. The van der Waals surface area contributed by atoms with E-state index in [0.717, 1.165) is 11.1 Å². The highest BCUT2D eigenvalue weighted by Gasteiger charge is 2.21. The van der Waals surface area contributed by atoms with Gasteiger partial charge in [0.2, 0.25) is 0 Å². The van der Waals surface area contributed by atoms with Crippen LogP contribution in [0.4, 0.5) is 10.6 Å². The lowest BCUT2D eigenvalue weighted by atomic mass is 10.00. The van der Waals surface area contributed by atoms with E-state index in [9.17, 15) is 20.0 Å². The van der Waals surface area contributed by atoms with Crippen LogP contribution in [-0.2, 0) is 19.5 Å². The van der Waals surface area contributed by atoms with Crippen LogP contribution in [0.25, 0.3) is 0 Å². The molecule has 1 amide bonds. The Kier molecular flexibility index (Phi) is 6.00. The highest BCUT2D eigenvalue weighted by molar-refractivity contribution is 6.28. The summed E-state index contributed by atoms with van der Waals surface area (Å²) < 4.78 is 7.00. The van der Waals surface area contributed by atoms with E-state index in [-0.39, 0.29) is 30.7 Å². The normalized spacial score (nSPS) is 14.4. The topological polar surface area (TPSA) is 131 Å². The summed E-state index contributed by atoms with van der Waals surface area (Å²) in [5.74, 6) is 0.196. The summed E-state index contributed by atoms with van der Waals surface area (Å²) in [5.41, 5.74) is 1.97. The molecule has 0 unspecified atom stereocenters. The number of ether oxygens (including phenoxy) is 1. The van der Waals surface area contributed by atoms with E-state index in [0.29, 0.717) is 25.3 Å². The summed E-state index contributed by atoms with van der Waals surface area (Å²) in [6, 6.07) is 5.48. The molecule has 3 rings (SSSR count). The Balaban J connectivity index is 1.52. The third-order valence-electron chi connectivity index (χ3n) is 4.51. The van der Waals surface area contributed by atoms with Gasteiger partial charge in [-0.1, -0.05) is 6.07 Å². The summed E-state index contributed by atoms with van der Waals surface area (Å²) in [7, 11) is 0. The summed E-state index contributed by atoms with van der Waals surface area (Å²) in [5, 5.41) is 29.9. The predicted molar refractivity (Wildman–Crippen MR) is 98.6 cm³/mol. The van der Waals surface area contributed by atoms with Crippen LogP contribution in [0.15, 0.2) is 24.4 Å². The third kappa shape index (κ3) is 4.70. The predicted octanol–water partition coefficient (Wildman–Crippen LogP) is 2.31. The van der Waals surface area contributed by atoms with Crippen molar-refractivity contribution in [1.82, 2.24) is 14.5 Å². The largest absolute Gasteiger partial charge is 0.491 e. The Morgan fingerprint density at radius 2 is 2.21 bits per heavy atom. The number of aliphatic hydroxyl groups is 1. The number of fused-ring (bicyclic) bond motifs is 1. The molecule has 1 aromatic heterocycles. The fraction of sp³-hybridized carbons (Fsp3) is 0.412.